The summed E-state index contributed by atoms with van der Waals surface area (Å²) in [6, 6.07) is 8.62. The molecule has 0 bridgehead atoms. The molecular formula is C24H29Cl2N5O5. The molecule has 2 aromatic rings. The summed E-state index contributed by atoms with van der Waals surface area (Å²) in [5, 5.41) is 12.0. The number of ether oxygens (including phenoxy) is 1. The van der Waals surface area contributed by atoms with E-state index >= 15 is 0 Å². The summed E-state index contributed by atoms with van der Waals surface area (Å²) < 4.78 is 5.67. The van der Waals surface area contributed by atoms with Crippen LogP contribution in [0.25, 0.3) is 0 Å². The SMILES string of the molecule is CC[C@@H](Oc1ncc(Cl)cc1Cl)C(=O)NCc1cccc(C(=O)N2CCN(CCC(=O)NO)CC2)c1. The Labute approximate surface area is 219 Å². The van der Waals surface area contributed by atoms with Crippen molar-refractivity contribution in [2.75, 3.05) is 32.7 Å². The van der Waals surface area contributed by atoms with Gasteiger partial charge in [-0.05, 0) is 30.2 Å². The highest BCUT2D eigenvalue weighted by atomic mass is 35.5. The fraction of sp³-hybridized carbons (Fsp3) is 0.417. The molecule has 2 heterocycles. The van der Waals surface area contributed by atoms with Crippen LogP contribution in [0, 0.1) is 0 Å². The lowest BCUT2D eigenvalue weighted by atomic mass is 10.1. The fourth-order valence-electron chi connectivity index (χ4n) is 3.74. The van der Waals surface area contributed by atoms with Crippen LogP contribution < -0.4 is 15.5 Å². The van der Waals surface area contributed by atoms with Crippen LogP contribution in [0.3, 0.4) is 0 Å². The maximum atomic E-state index is 13.0. The van der Waals surface area contributed by atoms with E-state index in [4.69, 9.17) is 33.1 Å². The molecule has 0 radical (unpaired) electrons. The lowest BCUT2D eigenvalue weighted by molar-refractivity contribution is -0.129. The predicted molar refractivity (Wildman–Crippen MR) is 134 cm³/mol. The van der Waals surface area contributed by atoms with Gasteiger partial charge < -0.3 is 15.0 Å². The fourth-order valence-corrected chi connectivity index (χ4v) is 4.16. The first-order chi connectivity index (χ1) is 17.3. The van der Waals surface area contributed by atoms with Crippen molar-refractivity contribution in [2.24, 2.45) is 0 Å². The number of benzene rings is 1. The maximum Gasteiger partial charge on any atom is 0.261 e. The van der Waals surface area contributed by atoms with E-state index in [1.54, 1.807) is 28.6 Å². The molecule has 12 heteroatoms. The van der Waals surface area contributed by atoms with Crippen molar-refractivity contribution >= 4 is 40.9 Å². The van der Waals surface area contributed by atoms with E-state index in [1.165, 1.54) is 12.3 Å². The molecule has 0 saturated carbocycles. The molecule has 0 aliphatic carbocycles. The van der Waals surface area contributed by atoms with E-state index in [0.29, 0.717) is 49.7 Å². The number of nitrogens with one attached hydrogen (secondary N) is 2. The Bertz CT molecular complexity index is 1080. The zero-order valence-corrected chi connectivity index (χ0v) is 21.4. The molecule has 1 fully saturated rings. The minimum atomic E-state index is -0.791. The summed E-state index contributed by atoms with van der Waals surface area (Å²) in [5.41, 5.74) is 2.94. The number of hydrogen-bond acceptors (Lipinski definition) is 7. The summed E-state index contributed by atoms with van der Waals surface area (Å²) in [5.74, 6) is -0.714. The smallest absolute Gasteiger partial charge is 0.261 e. The average molecular weight is 538 g/mol. The van der Waals surface area contributed by atoms with Gasteiger partial charge in [-0.3, -0.25) is 24.5 Å². The van der Waals surface area contributed by atoms with Gasteiger partial charge in [0, 0.05) is 57.4 Å². The normalized spacial score (nSPS) is 14.7. The number of aromatic nitrogens is 1. The quantitative estimate of drug-likeness (QED) is 0.314. The van der Waals surface area contributed by atoms with Crippen LogP contribution in [0.15, 0.2) is 36.5 Å². The lowest BCUT2D eigenvalue weighted by Crippen LogP contribution is -2.49. The number of halogens is 2. The van der Waals surface area contributed by atoms with Crippen molar-refractivity contribution in [2.45, 2.75) is 32.4 Å². The largest absolute Gasteiger partial charge is 0.463 e. The van der Waals surface area contributed by atoms with Crippen LogP contribution in [-0.2, 0) is 16.1 Å². The Morgan fingerprint density at radius 2 is 1.92 bits per heavy atom. The molecular weight excluding hydrogens is 509 g/mol. The second-order valence-corrected chi connectivity index (χ2v) is 9.14. The van der Waals surface area contributed by atoms with Gasteiger partial charge in [0.05, 0.1) is 5.02 Å². The van der Waals surface area contributed by atoms with Gasteiger partial charge >= 0.3 is 0 Å². The number of pyridine rings is 1. The molecule has 1 aliphatic rings. The first-order valence-corrected chi connectivity index (χ1v) is 12.3. The van der Waals surface area contributed by atoms with E-state index in [2.05, 4.69) is 15.2 Å². The molecule has 0 unspecified atom stereocenters. The Morgan fingerprint density at radius 3 is 2.58 bits per heavy atom. The van der Waals surface area contributed by atoms with Crippen LogP contribution in [0.5, 0.6) is 5.88 Å². The molecule has 1 aromatic heterocycles. The number of amides is 3. The van der Waals surface area contributed by atoms with Gasteiger partial charge in [-0.25, -0.2) is 10.5 Å². The maximum absolute atomic E-state index is 13.0. The molecule has 3 N–H and O–H groups in total. The number of nitrogens with zero attached hydrogens (tertiary/aromatic N) is 3. The Balaban J connectivity index is 1.52. The first kappa shape index (κ1) is 27.7. The second-order valence-electron chi connectivity index (χ2n) is 8.29. The van der Waals surface area contributed by atoms with Crippen LogP contribution in [0.4, 0.5) is 0 Å². The van der Waals surface area contributed by atoms with Crippen LogP contribution in [0.2, 0.25) is 10.0 Å². The molecule has 36 heavy (non-hydrogen) atoms. The third kappa shape index (κ3) is 7.79. The van der Waals surface area contributed by atoms with E-state index < -0.39 is 12.0 Å². The average Bonchev–Trinajstić information content (AvgIpc) is 2.90. The van der Waals surface area contributed by atoms with Crippen LogP contribution in [-0.4, -0.2) is 76.5 Å². The standard InChI is InChI=1S/C24H29Cl2N5O5/c1-2-20(36-23-19(26)13-18(25)15-28-23)22(33)27-14-16-4-3-5-17(12-16)24(34)31-10-8-30(9-11-31)7-6-21(32)29-35/h3-5,12-13,15,20,35H,2,6-11,14H2,1H3,(H,27,33)(H,29,32)/t20-/m1/s1. The molecule has 1 aliphatic heterocycles. The van der Waals surface area contributed by atoms with Crippen molar-refractivity contribution in [1.82, 2.24) is 25.6 Å². The number of rotatable bonds is 10. The third-order valence-electron chi connectivity index (χ3n) is 5.77. The minimum absolute atomic E-state index is 0.0887. The Morgan fingerprint density at radius 1 is 1.17 bits per heavy atom. The molecule has 3 rings (SSSR count). The van der Waals surface area contributed by atoms with E-state index in [-0.39, 0.29) is 35.7 Å². The van der Waals surface area contributed by atoms with E-state index in [1.807, 2.05) is 13.0 Å². The van der Waals surface area contributed by atoms with Gasteiger partial charge in [-0.1, -0.05) is 42.3 Å². The highest BCUT2D eigenvalue weighted by Gasteiger charge is 2.23. The Kier molecular flexibility index (Phi) is 10.3. The first-order valence-electron chi connectivity index (χ1n) is 11.6. The summed E-state index contributed by atoms with van der Waals surface area (Å²) in [7, 11) is 0. The lowest BCUT2D eigenvalue weighted by Gasteiger charge is -2.34. The molecule has 3 amide bonds. The van der Waals surface area contributed by atoms with Gasteiger partial charge in [0.25, 0.3) is 11.8 Å². The van der Waals surface area contributed by atoms with Gasteiger partial charge in [0.2, 0.25) is 11.8 Å². The monoisotopic (exact) mass is 537 g/mol. The third-order valence-corrected chi connectivity index (χ3v) is 6.25. The van der Waals surface area contributed by atoms with Gasteiger partial charge in [0.1, 0.15) is 5.02 Å². The molecule has 1 aromatic carbocycles. The van der Waals surface area contributed by atoms with Crippen molar-refractivity contribution in [1.29, 1.82) is 0 Å². The summed E-state index contributed by atoms with van der Waals surface area (Å²) >= 11 is 11.9. The number of piperazine rings is 1. The van der Waals surface area contributed by atoms with Gasteiger partial charge in [0.15, 0.2) is 6.10 Å². The summed E-state index contributed by atoms with van der Waals surface area (Å²) in [6.07, 6.45) is 1.21. The van der Waals surface area contributed by atoms with Gasteiger partial charge in [-0.15, -0.1) is 0 Å². The minimum Gasteiger partial charge on any atom is -0.463 e. The molecule has 0 spiro atoms. The highest BCUT2D eigenvalue weighted by Crippen LogP contribution is 2.26. The number of carbonyl (C=O) groups excluding carboxylic acids is 3. The van der Waals surface area contributed by atoms with Gasteiger partial charge in [-0.2, -0.15) is 0 Å². The molecule has 1 atom stereocenters. The van der Waals surface area contributed by atoms with Crippen LogP contribution >= 0.6 is 23.2 Å². The summed E-state index contributed by atoms with van der Waals surface area (Å²) in [4.78, 5) is 44.8. The number of carbonyl (C=O) groups is 3. The van der Waals surface area contributed by atoms with Crippen molar-refractivity contribution in [3.63, 3.8) is 0 Å². The number of hydroxylamine groups is 1. The predicted octanol–water partition coefficient (Wildman–Crippen LogP) is 2.52. The summed E-state index contributed by atoms with van der Waals surface area (Å²) in [6.45, 7) is 4.92. The zero-order valence-electron chi connectivity index (χ0n) is 19.9. The number of hydrogen-bond donors (Lipinski definition) is 3. The highest BCUT2D eigenvalue weighted by molar-refractivity contribution is 6.35. The second kappa shape index (κ2) is 13.4. The topological polar surface area (TPSA) is 124 Å². The Hall–Kier alpha value is -2.92. The van der Waals surface area contributed by atoms with Crippen LogP contribution in [0.1, 0.15) is 35.7 Å². The van der Waals surface area contributed by atoms with Crippen molar-refractivity contribution < 1.29 is 24.3 Å². The molecule has 10 nitrogen and oxygen atoms in total. The van der Waals surface area contributed by atoms with E-state index in [9.17, 15) is 14.4 Å². The van der Waals surface area contributed by atoms with E-state index in [0.717, 1.165) is 5.56 Å². The zero-order chi connectivity index (χ0) is 26.1. The van der Waals surface area contributed by atoms with Crippen molar-refractivity contribution in [3.05, 3.63) is 57.7 Å². The van der Waals surface area contributed by atoms with Crippen molar-refractivity contribution in [3.8, 4) is 5.88 Å². The molecule has 1 saturated heterocycles. The molecule has 194 valence electrons.